The van der Waals surface area contributed by atoms with E-state index in [4.69, 9.17) is 21.1 Å². The zero-order valence-electron chi connectivity index (χ0n) is 9.77. The van der Waals surface area contributed by atoms with Gasteiger partial charge in [0.1, 0.15) is 12.7 Å². The van der Waals surface area contributed by atoms with Crippen LogP contribution < -0.4 is 0 Å². The van der Waals surface area contributed by atoms with E-state index in [9.17, 15) is 4.79 Å². The summed E-state index contributed by atoms with van der Waals surface area (Å²) < 4.78 is 10.0. The Hall–Kier alpha value is -1.58. The second-order valence-corrected chi connectivity index (χ2v) is 3.90. The van der Waals surface area contributed by atoms with Crippen molar-refractivity contribution in [1.82, 2.24) is 0 Å². The Morgan fingerprint density at radius 1 is 1.06 bits per heavy atom. The average molecular weight is 265 g/mol. The number of carbonyl (C=O) groups excluding carboxylic acids is 1. The largest absolute Gasteiger partial charge is 0.460 e. The number of fused-ring (bicyclic) bond motifs is 1. The number of hydrogen-bond acceptors (Lipinski definition) is 3. The lowest BCUT2D eigenvalue weighted by Gasteiger charge is -2.07. The lowest BCUT2D eigenvalue weighted by atomic mass is 10.1. The molecule has 0 aliphatic heterocycles. The molecule has 0 N–H and O–H groups in total. The molecule has 2 aromatic carbocycles. The molecule has 4 heteroatoms. The Labute approximate surface area is 110 Å². The second kappa shape index (κ2) is 6.38. The van der Waals surface area contributed by atoms with Crippen LogP contribution in [0.15, 0.2) is 42.5 Å². The van der Waals surface area contributed by atoms with Crippen LogP contribution in [0.5, 0.6) is 0 Å². The van der Waals surface area contributed by atoms with E-state index in [1.807, 2.05) is 36.4 Å². The SMILES string of the molecule is O=C(OCCOCCl)c1cccc2ccccc12. The Morgan fingerprint density at radius 2 is 1.83 bits per heavy atom. The number of esters is 1. The van der Waals surface area contributed by atoms with E-state index in [0.29, 0.717) is 12.2 Å². The third-order valence-corrected chi connectivity index (χ3v) is 2.70. The van der Waals surface area contributed by atoms with Gasteiger partial charge in [0.15, 0.2) is 0 Å². The molecule has 0 aliphatic carbocycles. The van der Waals surface area contributed by atoms with Crippen molar-refractivity contribution in [3.05, 3.63) is 48.0 Å². The van der Waals surface area contributed by atoms with E-state index >= 15 is 0 Å². The summed E-state index contributed by atoms with van der Waals surface area (Å²) in [5.41, 5.74) is 0.568. The predicted molar refractivity (Wildman–Crippen MR) is 70.9 cm³/mol. The van der Waals surface area contributed by atoms with E-state index in [0.717, 1.165) is 10.8 Å². The zero-order chi connectivity index (χ0) is 12.8. The molecule has 0 unspecified atom stereocenters. The monoisotopic (exact) mass is 264 g/mol. The van der Waals surface area contributed by atoms with Crippen molar-refractivity contribution in [2.45, 2.75) is 0 Å². The van der Waals surface area contributed by atoms with Gasteiger partial charge < -0.3 is 9.47 Å². The van der Waals surface area contributed by atoms with E-state index in [1.165, 1.54) is 0 Å². The molecule has 0 bridgehead atoms. The summed E-state index contributed by atoms with van der Waals surface area (Å²) in [5, 5.41) is 1.91. The maximum atomic E-state index is 11.9. The van der Waals surface area contributed by atoms with Gasteiger partial charge in [-0.1, -0.05) is 48.0 Å². The summed E-state index contributed by atoms with van der Waals surface area (Å²) >= 11 is 5.35. The average Bonchev–Trinajstić information content (AvgIpc) is 2.43. The summed E-state index contributed by atoms with van der Waals surface area (Å²) in [6.45, 7) is 0.509. The van der Waals surface area contributed by atoms with Gasteiger partial charge in [-0.15, -0.1) is 0 Å². The minimum Gasteiger partial charge on any atom is -0.460 e. The summed E-state index contributed by atoms with van der Waals surface area (Å²) in [6.07, 6.45) is 0. The van der Waals surface area contributed by atoms with Gasteiger partial charge >= 0.3 is 5.97 Å². The van der Waals surface area contributed by atoms with Gasteiger partial charge in [0.2, 0.25) is 0 Å². The van der Waals surface area contributed by atoms with E-state index in [2.05, 4.69) is 0 Å². The molecule has 0 heterocycles. The van der Waals surface area contributed by atoms with Crippen molar-refractivity contribution in [1.29, 1.82) is 0 Å². The number of halogens is 1. The van der Waals surface area contributed by atoms with Gasteiger partial charge in [-0.2, -0.15) is 0 Å². The van der Waals surface area contributed by atoms with E-state index in [-0.39, 0.29) is 18.6 Å². The Balaban J connectivity index is 2.13. The molecule has 0 saturated heterocycles. The molecular weight excluding hydrogens is 252 g/mol. The number of alkyl halides is 1. The van der Waals surface area contributed by atoms with Crippen molar-refractivity contribution >= 4 is 28.3 Å². The van der Waals surface area contributed by atoms with Crippen molar-refractivity contribution in [2.24, 2.45) is 0 Å². The number of rotatable bonds is 5. The number of ether oxygens (including phenoxy) is 2. The molecule has 2 rings (SSSR count). The summed E-state index contributed by atoms with van der Waals surface area (Å²) in [5.74, 6) is -0.343. The van der Waals surface area contributed by atoms with Crippen molar-refractivity contribution < 1.29 is 14.3 Å². The summed E-state index contributed by atoms with van der Waals surface area (Å²) in [6, 6.07) is 13.4. The van der Waals surface area contributed by atoms with Crippen LogP contribution in [0.25, 0.3) is 10.8 Å². The van der Waals surface area contributed by atoms with E-state index < -0.39 is 0 Å². The van der Waals surface area contributed by atoms with Crippen LogP contribution in [-0.4, -0.2) is 25.2 Å². The van der Waals surface area contributed by atoms with Gasteiger partial charge in [0.25, 0.3) is 0 Å². The van der Waals surface area contributed by atoms with Gasteiger partial charge in [-0.05, 0) is 16.8 Å². The standard InChI is InChI=1S/C14H13ClO3/c15-10-17-8-9-18-14(16)13-7-3-5-11-4-1-2-6-12(11)13/h1-7H,8-10H2. The van der Waals surface area contributed by atoms with Gasteiger partial charge in [0.05, 0.1) is 12.2 Å². The molecule has 0 aromatic heterocycles. The highest BCUT2D eigenvalue weighted by Gasteiger charge is 2.10. The van der Waals surface area contributed by atoms with Crippen molar-refractivity contribution in [3.8, 4) is 0 Å². The molecule has 94 valence electrons. The first kappa shape index (κ1) is 12.9. The fourth-order valence-corrected chi connectivity index (χ4v) is 1.84. The molecule has 3 nitrogen and oxygen atoms in total. The quantitative estimate of drug-likeness (QED) is 0.473. The molecular formula is C14H13ClO3. The normalized spacial score (nSPS) is 10.5. The molecule has 18 heavy (non-hydrogen) atoms. The zero-order valence-corrected chi connectivity index (χ0v) is 10.5. The maximum absolute atomic E-state index is 11.9. The molecule has 0 saturated carbocycles. The number of hydrogen-bond donors (Lipinski definition) is 0. The van der Waals surface area contributed by atoms with E-state index in [1.54, 1.807) is 6.07 Å². The topological polar surface area (TPSA) is 35.5 Å². The molecule has 0 fully saturated rings. The fraction of sp³-hybridized carbons (Fsp3) is 0.214. The van der Waals surface area contributed by atoms with Crippen LogP contribution in [0, 0.1) is 0 Å². The van der Waals surface area contributed by atoms with Crippen LogP contribution in [0.2, 0.25) is 0 Å². The first-order valence-corrected chi connectivity index (χ1v) is 6.15. The van der Waals surface area contributed by atoms with Crippen LogP contribution in [0.1, 0.15) is 10.4 Å². The van der Waals surface area contributed by atoms with Crippen LogP contribution in [0.3, 0.4) is 0 Å². The lowest BCUT2D eigenvalue weighted by molar-refractivity contribution is 0.0373. The third-order valence-electron chi connectivity index (χ3n) is 2.55. The molecule has 0 spiro atoms. The molecule has 0 amide bonds. The highest BCUT2D eigenvalue weighted by molar-refractivity contribution is 6.17. The first-order valence-electron chi connectivity index (χ1n) is 5.61. The van der Waals surface area contributed by atoms with Gasteiger partial charge in [-0.25, -0.2) is 4.79 Å². The number of carbonyl (C=O) groups is 1. The minimum absolute atomic E-state index is 0.103. The highest BCUT2D eigenvalue weighted by atomic mass is 35.5. The molecule has 0 aliphatic rings. The molecule has 0 radical (unpaired) electrons. The predicted octanol–water partition coefficient (Wildman–Crippen LogP) is 3.21. The van der Waals surface area contributed by atoms with Gasteiger partial charge in [-0.3, -0.25) is 0 Å². The van der Waals surface area contributed by atoms with Crippen molar-refractivity contribution in [3.63, 3.8) is 0 Å². The van der Waals surface area contributed by atoms with Crippen LogP contribution in [-0.2, 0) is 9.47 Å². The van der Waals surface area contributed by atoms with Crippen LogP contribution in [0.4, 0.5) is 0 Å². The fourth-order valence-electron chi connectivity index (χ4n) is 1.73. The smallest absolute Gasteiger partial charge is 0.338 e. The summed E-state index contributed by atoms with van der Waals surface area (Å²) in [7, 11) is 0. The Kier molecular flexibility index (Phi) is 4.56. The molecule has 0 atom stereocenters. The van der Waals surface area contributed by atoms with Crippen LogP contribution >= 0.6 is 11.6 Å². The third kappa shape index (κ3) is 3.00. The minimum atomic E-state index is -0.343. The Morgan fingerprint density at radius 3 is 2.67 bits per heavy atom. The first-order chi connectivity index (χ1) is 8.83. The number of benzene rings is 2. The summed E-state index contributed by atoms with van der Waals surface area (Å²) in [4.78, 5) is 11.9. The highest BCUT2D eigenvalue weighted by Crippen LogP contribution is 2.19. The second-order valence-electron chi connectivity index (χ2n) is 3.68. The molecule has 2 aromatic rings. The Bertz CT molecular complexity index is 534. The maximum Gasteiger partial charge on any atom is 0.338 e. The van der Waals surface area contributed by atoms with Gasteiger partial charge in [0, 0.05) is 0 Å². The lowest BCUT2D eigenvalue weighted by Crippen LogP contribution is -2.10. The van der Waals surface area contributed by atoms with Crippen molar-refractivity contribution in [2.75, 3.05) is 19.3 Å².